The first-order valence-electron chi connectivity index (χ1n) is 7.14. The van der Waals surface area contributed by atoms with Crippen LogP contribution in [0.2, 0.25) is 0 Å². The van der Waals surface area contributed by atoms with E-state index in [9.17, 15) is 0 Å². The molecule has 1 aromatic heterocycles. The summed E-state index contributed by atoms with van der Waals surface area (Å²) in [7, 11) is 0. The van der Waals surface area contributed by atoms with Crippen LogP contribution in [-0.4, -0.2) is 4.98 Å². The lowest BCUT2D eigenvalue weighted by molar-refractivity contribution is 1.24. The summed E-state index contributed by atoms with van der Waals surface area (Å²) in [5.41, 5.74) is 4.76. The van der Waals surface area contributed by atoms with E-state index in [1.807, 2.05) is 24.4 Å². The lowest BCUT2D eigenvalue weighted by Gasteiger charge is -2.06. The van der Waals surface area contributed by atoms with E-state index >= 15 is 0 Å². The summed E-state index contributed by atoms with van der Waals surface area (Å²) >= 11 is 0. The van der Waals surface area contributed by atoms with E-state index in [0.29, 0.717) is 0 Å². The molecule has 1 heterocycles. The molecule has 0 radical (unpaired) electrons. The van der Waals surface area contributed by atoms with Gasteiger partial charge in [0.15, 0.2) is 0 Å². The molecular weight excluding hydrogens is 254 g/mol. The fourth-order valence-corrected chi connectivity index (χ4v) is 2.36. The fourth-order valence-electron chi connectivity index (χ4n) is 2.36. The summed E-state index contributed by atoms with van der Waals surface area (Å²) < 4.78 is 0. The van der Waals surface area contributed by atoms with Crippen molar-refractivity contribution in [2.75, 3.05) is 0 Å². The van der Waals surface area contributed by atoms with Crippen LogP contribution < -0.4 is 0 Å². The molecule has 0 aliphatic carbocycles. The lowest BCUT2D eigenvalue weighted by atomic mass is 10.0. The number of pyridine rings is 1. The third-order valence-corrected chi connectivity index (χ3v) is 3.41. The smallest absolute Gasteiger partial charge is 0.0704 e. The Labute approximate surface area is 125 Å². The first-order chi connectivity index (χ1) is 10.4. The molecule has 0 amide bonds. The molecular formula is C20H17N. The molecule has 3 rings (SSSR count). The van der Waals surface area contributed by atoms with Crippen molar-refractivity contribution in [3.63, 3.8) is 0 Å². The number of rotatable bonds is 4. The van der Waals surface area contributed by atoms with Crippen LogP contribution in [0.4, 0.5) is 0 Å². The SMILES string of the molecule is C(=C/c1ccccc1)/Cc1ccccc1-c1ccccn1. The second kappa shape index (κ2) is 6.67. The minimum atomic E-state index is 0.904. The molecule has 0 aliphatic heterocycles. The van der Waals surface area contributed by atoms with Gasteiger partial charge in [0.05, 0.1) is 5.69 Å². The Balaban J connectivity index is 1.82. The van der Waals surface area contributed by atoms with E-state index in [1.54, 1.807) is 0 Å². The van der Waals surface area contributed by atoms with Crippen LogP contribution in [0.1, 0.15) is 11.1 Å². The first-order valence-corrected chi connectivity index (χ1v) is 7.14. The highest BCUT2D eigenvalue weighted by atomic mass is 14.7. The Morgan fingerprint density at radius 2 is 1.52 bits per heavy atom. The number of nitrogens with zero attached hydrogens (tertiary/aromatic N) is 1. The highest BCUT2D eigenvalue weighted by Crippen LogP contribution is 2.22. The molecule has 102 valence electrons. The summed E-state index contributed by atoms with van der Waals surface area (Å²) in [6, 6.07) is 24.8. The van der Waals surface area contributed by atoms with Gasteiger partial charge in [0.25, 0.3) is 0 Å². The maximum atomic E-state index is 4.45. The Morgan fingerprint density at radius 3 is 2.33 bits per heavy atom. The van der Waals surface area contributed by atoms with Crippen molar-refractivity contribution in [3.05, 3.63) is 96.2 Å². The molecule has 1 heteroatoms. The van der Waals surface area contributed by atoms with Crippen molar-refractivity contribution in [1.82, 2.24) is 4.98 Å². The lowest BCUT2D eigenvalue weighted by Crippen LogP contribution is -1.89. The monoisotopic (exact) mass is 271 g/mol. The van der Waals surface area contributed by atoms with Gasteiger partial charge in [-0.25, -0.2) is 0 Å². The summed E-state index contributed by atoms with van der Waals surface area (Å²) in [6.45, 7) is 0. The molecule has 0 bridgehead atoms. The third-order valence-electron chi connectivity index (χ3n) is 3.41. The Morgan fingerprint density at radius 1 is 0.762 bits per heavy atom. The van der Waals surface area contributed by atoms with Crippen molar-refractivity contribution < 1.29 is 0 Å². The summed E-state index contributed by atoms with van der Waals surface area (Å²) in [4.78, 5) is 4.45. The van der Waals surface area contributed by atoms with Gasteiger partial charge in [-0.1, -0.05) is 72.8 Å². The molecule has 0 atom stereocenters. The van der Waals surface area contributed by atoms with Gasteiger partial charge in [-0.2, -0.15) is 0 Å². The van der Waals surface area contributed by atoms with Crippen molar-refractivity contribution in [3.8, 4) is 11.3 Å². The van der Waals surface area contributed by atoms with E-state index in [1.165, 1.54) is 16.7 Å². The van der Waals surface area contributed by atoms with Gasteiger partial charge < -0.3 is 0 Å². The van der Waals surface area contributed by atoms with Gasteiger partial charge in [0, 0.05) is 11.8 Å². The largest absolute Gasteiger partial charge is 0.256 e. The van der Waals surface area contributed by atoms with Crippen LogP contribution >= 0.6 is 0 Å². The van der Waals surface area contributed by atoms with Crippen molar-refractivity contribution >= 4 is 6.08 Å². The minimum absolute atomic E-state index is 0.904. The molecule has 0 fully saturated rings. The van der Waals surface area contributed by atoms with Gasteiger partial charge >= 0.3 is 0 Å². The average molecular weight is 271 g/mol. The average Bonchev–Trinajstić information content (AvgIpc) is 2.57. The maximum Gasteiger partial charge on any atom is 0.0704 e. The first kappa shape index (κ1) is 13.3. The predicted octanol–water partition coefficient (Wildman–Crippen LogP) is 5.00. The standard InChI is InChI=1S/C20H17N/c1-2-9-17(10-3-1)11-8-13-18-12-4-5-14-19(18)20-15-6-7-16-21-20/h1-12,14-16H,13H2/b11-8-. The maximum absolute atomic E-state index is 4.45. The topological polar surface area (TPSA) is 12.9 Å². The zero-order chi connectivity index (χ0) is 14.3. The van der Waals surface area contributed by atoms with E-state index in [2.05, 4.69) is 71.7 Å². The number of aromatic nitrogens is 1. The third kappa shape index (κ3) is 3.46. The highest BCUT2D eigenvalue weighted by molar-refractivity contribution is 5.64. The molecule has 0 saturated heterocycles. The van der Waals surface area contributed by atoms with Crippen molar-refractivity contribution in [2.45, 2.75) is 6.42 Å². The van der Waals surface area contributed by atoms with Gasteiger partial charge in [-0.05, 0) is 29.7 Å². The van der Waals surface area contributed by atoms with Crippen molar-refractivity contribution in [1.29, 1.82) is 0 Å². The van der Waals surface area contributed by atoms with Crippen LogP contribution in [0.15, 0.2) is 85.1 Å². The molecule has 0 spiro atoms. The zero-order valence-corrected chi connectivity index (χ0v) is 11.8. The Hall–Kier alpha value is -2.67. The van der Waals surface area contributed by atoms with Crippen LogP contribution in [0.5, 0.6) is 0 Å². The molecule has 0 N–H and O–H groups in total. The van der Waals surface area contributed by atoms with Gasteiger partial charge in [-0.3, -0.25) is 4.98 Å². The minimum Gasteiger partial charge on any atom is -0.256 e. The Kier molecular flexibility index (Phi) is 4.23. The highest BCUT2D eigenvalue weighted by Gasteiger charge is 2.03. The fraction of sp³-hybridized carbons (Fsp3) is 0.0500. The van der Waals surface area contributed by atoms with Gasteiger partial charge in [0.1, 0.15) is 0 Å². The normalized spacial score (nSPS) is 10.9. The molecule has 2 aromatic carbocycles. The molecule has 0 unspecified atom stereocenters. The van der Waals surface area contributed by atoms with E-state index in [0.717, 1.165) is 12.1 Å². The van der Waals surface area contributed by atoms with E-state index in [-0.39, 0.29) is 0 Å². The molecule has 1 nitrogen and oxygen atoms in total. The summed E-state index contributed by atoms with van der Waals surface area (Å²) in [6.07, 6.45) is 7.11. The quantitative estimate of drug-likeness (QED) is 0.650. The van der Waals surface area contributed by atoms with Crippen molar-refractivity contribution in [2.24, 2.45) is 0 Å². The van der Waals surface area contributed by atoms with Gasteiger partial charge in [-0.15, -0.1) is 0 Å². The second-order valence-corrected chi connectivity index (χ2v) is 4.89. The van der Waals surface area contributed by atoms with Gasteiger partial charge in [0.2, 0.25) is 0 Å². The van der Waals surface area contributed by atoms with Crippen LogP contribution in [0.25, 0.3) is 17.3 Å². The second-order valence-electron chi connectivity index (χ2n) is 4.89. The van der Waals surface area contributed by atoms with E-state index < -0.39 is 0 Å². The number of hydrogen-bond acceptors (Lipinski definition) is 1. The molecule has 21 heavy (non-hydrogen) atoms. The molecule has 0 saturated carbocycles. The number of benzene rings is 2. The number of allylic oxidation sites excluding steroid dienone is 1. The molecule has 3 aromatic rings. The predicted molar refractivity (Wildman–Crippen MR) is 88.9 cm³/mol. The summed E-state index contributed by atoms with van der Waals surface area (Å²) in [5.74, 6) is 0. The summed E-state index contributed by atoms with van der Waals surface area (Å²) in [5, 5.41) is 0. The molecule has 0 aliphatic rings. The van der Waals surface area contributed by atoms with Crippen LogP contribution in [0, 0.1) is 0 Å². The zero-order valence-electron chi connectivity index (χ0n) is 11.8. The number of hydrogen-bond donors (Lipinski definition) is 0. The van der Waals surface area contributed by atoms with Crippen LogP contribution in [0.3, 0.4) is 0 Å². The Bertz CT molecular complexity index is 715. The van der Waals surface area contributed by atoms with Crippen LogP contribution in [-0.2, 0) is 6.42 Å². The van der Waals surface area contributed by atoms with E-state index in [4.69, 9.17) is 0 Å².